The maximum Gasteiger partial charge on any atom is 0.280 e. The third kappa shape index (κ3) is 3.01. The Kier molecular flexibility index (Phi) is 3.83. The predicted molar refractivity (Wildman–Crippen MR) is 56.2 cm³/mol. The summed E-state index contributed by atoms with van der Waals surface area (Å²) in [6, 6.07) is 5.68. The van der Waals surface area contributed by atoms with Crippen LogP contribution in [0, 0.1) is 0 Å². The first-order chi connectivity index (χ1) is 6.97. The quantitative estimate of drug-likeness (QED) is 0.787. The second-order valence-electron chi connectivity index (χ2n) is 3.21. The summed E-state index contributed by atoms with van der Waals surface area (Å²) in [5.74, 6) is -3.20. The zero-order valence-electron chi connectivity index (χ0n) is 7.96. The van der Waals surface area contributed by atoms with Crippen LogP contribution >= 0.6 is 11.6 Å². The number of allylic oxidation sites excluding steroid dienone is 1. The molecule has 0 heterocycles. The number of benzene rings is 1. The molecule has 0 aliphatic heterocycles. The Morgan fingerprint density at radius 2 is 1.93 bits per heavy atom. The number of aliphatic hydroxyl groups excluding tert-OH is 1. The molecule has 1 aromatic carbocycles. The SMILES string of the molecule is C=CCC(F)(F)C(O)c1ccc(Cl)cc1. The minimum atomic E-state index is -3.20. The molecule has 82 valence electrons. The van der Waals surface area contributed by atoms with Gasteiger partial charge in [-0.25, -0.2) is 8.78 Å². The minimum absolute atomic E-state index is 0.145. The molecule has 0 fully saturated rings. The lowest BCUT2D eigenvalue weighted by molar-refractivity contribution is -0.108. The summed E-state index contributed by atoms with van der Waals surface area (Å²) in [6.45, 7) is 3.22. The van der Waals surface area contributed by atoms with Crippen molar-refractivity contribution in [3.63, 3.8) is 0 Å². The number of hydrogen-bond acceptors (Lipinski definition) is 1. The van der Waals surface area contributed by atoms with E-state index in [0.717, 1.165) is 6.08 Å². The van der Waals surface area contributed by atoms with Gasteiger partial charge in [0.2, 0.25) is 0 Å². The molecule has 0 bridgehead atoms. The minimum Gasteiger partial charge on any atom is -0.382 e. The smallest absolute Gasteiger partial charge is 0.280 e. The third-order valence-electron chi connectivity index (χ3n) is 2.00. The first-order valence-corrected chi connectivity index (χ1v) is 4.77. The maximum atomic E-state index is 13.2. The van der Waals surface area contributed by atoms with Gasteiger partial charge in [0.1, 0.15) is 6.10 Å². The first kappa shape index (κ1) is 12.1. The Hall–Kier alpha value is -0.930. The Balaban J connectivity index is 2.88. The summed E-state index contributed by atoms with van der Waals surface area (Å²) >= 11 is 5.61. The summed E-state index contributed by atoms with van der Waals surface area (Å²) in [5, 5.41) is 9.87. The van der Waals surface area contributed by atoms with E-state index in [2.05, 4.69) is 6.58 Å². The molecule has 1 N–H and O–H groups in total. The van der Waals surface area contributed by atoms with Gasteiger partial charge >= 0.3 is 0 Å². The van der Waals surface area contributed by atoms with E-state index in [9.17, 15) is 13.9 Å². The molecule has 0 saturated heterocycles. The van der Waals surface area contributed by atoms with E-state index < -0.39 is 18.4 Å². The van der Waals surface area contributed by atoms with Crippen LogP contribution in [-0.4, -0.2) is 11.0 Å². The van der Waals surface area contributed by atoms with E-state index in [-0.39, 0.29) is 5.56 Å². The molecule has 1 nitrogen and oxygen atoms in total. The zero-order chi connectivity index (χ0) is 11.5. The lowest BCUT2D eigenvalue weighted by Gasteiger charge is -2.21. The van der Waals surface area contributed by atoms with Crippen molar-refractivity contribution in [2.45, 2.75) is 18.4 Å². The molecule has 1 rings (SSSR count). The van der Waals surface area contributed by atoms with Gasteiger partial charge in [-0.15, -0.1) is 6.58 Å². The molecule has 1 aromatic rings. The Morgan fingerprint density at radius 1 is 1.40 bits per heavy atom. The molecular weight excluding hydrogens is 222 g/mol. The monoisotopic (exact) mass is 232 g/mol. The summed E-state index contributed by atoms with van der Waals surface area (Å²) < 4.78 is 26.5. The fourth-order valence-corrected chi connectivity index (χ4v) is 1.32. The summed E-state index contributed by atoms with van der Waals surface area (Å²) in [5.41, 5.74) is 0.145. The molecule has 0 aromatic heterocycles. The van der Waals surface area contributed by atoms with Crippen molar-refractivity contribution in [3.05, 3.63) is 47.5 Å². The van der Waals surface area contributed by atoms with E-state index in [0.29, 0.717) is 5.02 Å². The highest BCUT2D eigenvalue weighted by molar-refractivity contribution is 6.30. The molecule has 0 aliphatic carbocycles. The Bertz CT molecular complexity index is 335. The molecule has 4 heteroatoms. The summed E-state index contributed by atoms with van der Waals surface area (Å²) in [6.07, 6.45) is -1.30. The van der Waals surface area contributed by atoms with Crippen molar-refractivity contribution < 1.29 is 13.9 Å². The van der Waals surface area contributed by atoms with Crippen LogP contribution in [0.2, 0.25) is 5.02 Å². The van der Waals surface area contributed by atoms with E-state index >= 15 is 0 Å². The highest BCUT2D eigenvalue weighted by atomic mass is 35.5. The molecular formula is C11H11ClF2O. The van der Waals surface area contributed by atoms with Gasteiger partial charge in [-0.3, -0.25) is 0 Å². The number of halogens is 3. The third-order valence-corrected chi connectivity index (χ3v) is 2.25. The second-order valence-corrected chi connectivity index (χ2v) is 3.64. The average molecular weight is 233 g/mol. The van der Waals surface area contributed by atoms with Crippen LogP contribution in [0.5, 0.6) is 0 Å². The van der Waals surface area contributed by atoms with E-state index in [1.54, 1.807) is 0 Å². The summed E-state index contributed by atoms with van der Waals surface area (Å²) in [4.78, 5) is 0. The van der Waals surface area contributed by atoms with Crippen LogP contribution in [0.4, 0.5) is 8.78 Å². The molecule has 0 radical (unpaired) electrons. The highest BCUT2D eigenvalue weighted by Gasteiger charge is 2.37. The summed E-state index contributed by atoms with van der Waals surface area (Å²) in [7, 11) is 0. The lowest BCUT2D eigenvalue weighted by Crippen LogP contribution is -2.25. The van der Waals surface area contributed by atoms with Crippen molar-refractivity contribution in [2.75, 3.05) is 0 Å². The average Bonchev–Trinajstić information content (AvgIpc) is 2.18. The van der Waals surface area contributed by atoms with Crippen LogP contribution < -0.4 is 0 Å². The molecule has 0 spiro atoms. The maximum absolute atomic E-state index is 13.2. The van der Waals surface area contributed by atoms with Crippen molar-refractivity contribution in [3.8, 4) is 0 Å². The van der Waals surface area contributed by atoms with Gasteiger partial charge in [-0.2, -0.15) is 0 Å². The second kappa shape index (κ2) is 4.73. The van der Waals surface area contributed by atoms with Crippen molar-refractivity contribution in [2.24, 2.45) is 0 Å². The molecule has 15 heavy (non-hydrogen) atoms. The van der Waals surface area contributed by atoms with Crippen molar-refractivity contribution in [1.29, 1.82) is 0 Å². The van der Waals surface area contributed by atoms with Gasteiger partial charge in [-0.05, 0) is 17.7 Å². The first-order valence-electron chi connectivity index (χ1n) is 4.39. The van der Waals surface area contributed by atoms with Crippen LogP contribution in [0.25, 0.3) is 0 Å². The largest absolute Gasteiger partial charge is 0.382 e. The van der Waals surface area contributed by atoms with Crippen molar-refractivity contribution >= 4 is 11.6 Å². The van der Waals surface area contributed by atoms with Crippen LogP contribution in [0.1, 0.15) is 18.1 Å². The number of rotatable bonds is 4. The molecule has 0 amide bonds. The lowest BCUT2D eigenvalue weighted by atomic mass is 10.0. The van der Waals surface area contributed by atoms with Crippen LogP contribution in [0.15, 0.2) is 36.9 Å². The van der Waals surface area contributed by atoms with Crippen LogP contribution in [0.3, 0.4) is 0 Å². The van der Waals surface area contributed by atoms with E-state index in [1.165, 1.54) is 24.3 Å². The standard InChI is InChI=1S/C11H11ClF2O/c1-2-7-11(13,14)10(15)8-3-5-9(12)6-4-8/h2-6,10,15H,1,7H2. The van der Waals surface area contributed by atoms with Gasteiger partial charge in [-0.1, -0.05) is 29.8 Å². The van der Waals surface area contributed by atoms with Gasteiger partial charge < -0.3 is 5.11 Å². The van der Waals surface area contributed by atoms with E-state index in [4.69, 9.17) is 11.6 Å². The normalized spacial score (nSPS) is 13.6. The predicted octanol–water partition coefficient (Wildman–Crippen LogP) is 3.58. The molecule has 1 atom stereocenters. The van der Waals surface area contributed by atoms with Crippen LogP contribution in [-0.2, 0) is 0 Å². The Morgan fingerprint density at radius 3 is 2.40 bits per heavy atom. The van der Waals surface area contributed by atoms with E-state index in [1.807, 2.05) is 0 Å². The van der Waals surface area contributed by atoms with Gasteiger partial charge in [0.05, 0.1) is 0 Å². The number of alkyl halides is 2. The zero-order valence-corrected chi connectivity index (χ0v) is 8.72. The van der Waals surface area contributed by atoms with Gasteiger partial charge in [0, 0.05) is 11.4 Å². The molecule has 0 saturated carbocycles. The Labute approximate surface area is 92.0 Å². The topological polar surface area (TPSA) is 20.2 Å². The highest BCUT2D eigenvalue weighted by Crippen LogP contribution is 2.34. The van der Waals surface area contributed by atoms with Gasteiger partial charge in [0.25, 0.3) is 5.92 Å². The van der Waals surface area contributed by atoms with Crippen molar-refractivity contribution in [1.82, 2.24) is 0 Å². The molecule has 0 aliphatic rings. The molecule has 1 unspecified atom stereocenters. The number of hydrogen-bond donors (Lipinski definition) is 1. The number of aliphatic hydroxyl groups is 1. The fraction of sp³-hybridized carbons (Fsp3) is 0.273. The van der Waals surface area contributed by atoms with Gasteiger partial charge in [0.15, 0.2) is 0 Å². The fourth-order valence-electron chi connectivity index (χ4n) is 1.19.